The second kappa shape index (κ2) is 6.02. The van der Waals surface area contributed by atoms with Crippen LogP contribution < -0.4 is 10.2 Å². The number of hydrogen-bond donors (Lipinski definition) is 1. The first-order chi connectivity index (χ1) is 10.1. The molecule has 2 aromatic rings. The van der Waals surface area contributed by atoms with Gasteiger partial charge in [0.15, 0.2) is 5.82 Å². The minimum atomic E-state index is 0.419. The second-order valence-corrected chi connectivity index (χ2v) is 6.26. The van der Waals surface area contributed by atoms with Gasteiger partial charge in [0, 0.05) is 31.0 Å². The van der Waals surface area contributed by atoms with Gasteiger partial charge < -0.3 is 10.2 Å². The third-order valence-corrected chi connectivity index (χ3v) is 4.22. The molecule has 21 heavy (non-hydrogen) atoms. The topological polar surface area (TPSA) is 45.5 Å². The first-order valence-electron chi connectivity index (χ1n) is 7.96. The van der Waals surface area contributed by atoms with E-state index in [2.05, 4.69) is 40.2 Å². The molecule has 5 heteroatoms. The molecule has 0 aromatic carbocycles. The maximum Gasteiger partial charge on any atom is 0.154 e. The molecule has 0 spiro atoms. The lowest BCUT2D eigenvalue weighted by atomic mass is 10.0. The Balaban J connectivity index is 1.91. The maximum atomic E-state index is 4.64. The predicted molar refractivity (Wildman–Crippen MR) is 85.8 cm³/mol. The third-order valence-electron chi connectivity index (χ3n) is 4.22. The smallest absolute Gasteiger partial charge is 0.154 e. The lowest BCUT2D eigenvalue weighted by Gasteiger charge is -2.34. The van der Waals surface area contributed by atoms with E-state index < -0.39 is 0 Å². The zero-order valence-electron chi connectivity index (χ0n) is 13.2. The molecule has 1 aliphatic heterocycles. The molecule has 1 unspecified atom stereocenters. The molecule has 1 atom stereocenters. The monoisotopic (exact) mass is 287 g/mol. The van der Waals surface area contributed by atoms with Crippen LogP contribution in [0.25, 0.3) is 5.52 Å². The van der Waals surface area contributed by atoms with Gasteiger partial charge in [0.1, 0.15) is 5.52 Å². The fourth-order valence-electron chi connectivity index (χ4n) is 3.11. The summed E-state index contributed by atoms with van der Waals surface area (Å²) in [4.78, 5) is 7.05. The molecule has 0 amide bonds. The normalized spacial score (nSPS) is 19.3. The fraction of sp³-hybridized carbons (Fsp3) is 0.625. The van der Waals surface area contributed by atoms with E-state index in [1.807, 2.05) is 23.8 Å². The van der Waals surface area contributed by atoms with Gasteiger partial charge in [0.05, 0.1) is 5.69 Å². The summed E-state index contributed by atoms with van der Waals surface area (Å²) in [6.45, 7) is 8.64. The van der Waals surface area contributed by atoms with Gasteiger partial charge in [-0.25, -0.2) is 9.50 Å². The summed E-state index contributed by atoms with van der Waals surface area (Å²) in [6.07, 6.45) is 7.65. The molecule has 2 aromatic heterocycles. The van der Waals surface area contributed by atoms with Crippen LogP contribution >= 0.6 is 0 Å². The van der Waals surface area contributed by atoms with Crippen molar-refractivity contribution in [1.82, 2.24) is 19.9 Å². The quantitative estimate of drug-likeness (QED) is 0.938. The van der Waals surface area contributed by atoms with Gasteiger partial charge >= 0.3 is 0 Å². The summed E-state index contributed by atoms with van der Waals surface area (Å²) < 4.78 is 1.93. The Bertz CT molecular complexity index is 598. The van der Waals surface area contributed by atoms with Crippen molar-refractivity contribution in [2.24, 2.45) is 0 Å². The predicted octanol–water partition coefficient (Wildman–Crippen LogP) is 2.39. The number of rotatable bonds is 4. The molecule has 1 N–H and O–H groups in total. The van der Waals surface area contributed by atoms with Gasteiger partial charge in [-0.05, 0) is 46.2 Å². The molecule has 114 valence electrons. The summed E-state index contributed by atoms with van der Waals surface area (Å²) in [5.41, 5.74) is 2.13. The van der Waals surface area contributed by atoms with Crippen LogP contribution in [0.5, 0.6) is 0 Å². The largest absolute Gasteiger partial charge is 0.351 e. The van der Waals surface area contributed by atoms with E-state index in [0.29, 0.717) is 12.1 Å². The lowest BCUT2D eigenvalue weighted by Crippen LogP contribution is -2.46. The Morgan fingerprint density at radius 1 is 1.43 bits per heavy atom. The van der Waals surface area contributed by atoms with Gasteiger partial charge in [-0.1, -0.05) is 6.42 Å². The van der Waals surface area contributed by atoms with Gasteiger partial charge in [-0.3, -0.25) is 0 Å². The van der Waals surface area contributed by atoms with Gasteiger partial charge in [-0.15, -0.1) is 0 Å². The minimum Gasteiger partial charge on any atom is -0.351 e. The number of nitrogens with zero attached hydrogens (tertiary/aromatic N) is 4. The Morgan fingerprint density at radius 3 is 3.00 bits per heavy atom. The third kappa shape index (κ3) is 3.02. The van der Waals surface area contributed by atoms with E-state index in [0.717, 1.165) is 30.1 Å². The zero-order chi connectivity index (χ0) is 14.8. The number of anilines is 1. The molecule has 1 aliphatic rings. The Labute approximate surface area is 126 Å². The van der Waals surface area contributed by atoms with Crippen LogP contribution in [0.1, 0.15) is 38.8 Å². The molecule has 0 aliphatic carbocycles. The summed E-state index contributed by atoms with van der Waals surface area (Å²) in [6, 6.07) is 3.10. The molecular formula is C16H25N5. The summed E-state index contributed by atoms with van der Waals surface area (Å²) in [5, 5.41) is 8.13. The molecule has 1 saturated heterocycles. The molecule has 0 bridgehead atoms. The molecule has 0 radical (unpaired) electrons. The number of hydrogen-bond acceptors (Lipinski definition) is 4. The van der Waals surface area contributed by atoms with Crippen molar-refractivity contribution < 1.29 is 0 Å². The first kappa shape index (κ1) is 14.3. The van der Waals surface area contributed by atoms with E-state index in [1.54, 1.807) is 0 Å². The Hall–Kier alpha value is -1.62. The molecule has 0 saturated carbocycles. The fourth-order valence-corrected chi connectivity index (χ4v) is 3.11. The van der Waals surface area contributed by atoms with Gasteiger partial charge in [-0.2, -0.15) is 5.10 Å². The molecule has 3 heterocycles. The highest BCUT2D eigenvalue weighted by Gasteiger charge is 2.21. The highest BCUT2D eigenvalue weighted by atomic mass is 15.3. The highest BCUT2D eigenvalue weighted by Crippen LogP contribution is 2.23. The molecule has 5 nitrogen and oxygen atoms in total. The molecule has 3 rings (SSSR count). The maximum absolute atomic E-state index is 4.64. The molecule has 1 fully saturated rings. The van der Waals surface area contributed by atoms with Crippen LogP contribution in [0, 0.1) is 6.92 Å². The SMILES string of the molecule is Cc1cc2c(N(CC3CCCCN3)C(C)C)nccn2n1. The standard InChI is InChI=1S/C16H25N5/c1-12(2)20(11-14-6-4-5-7-17-14)16-15-10-13(3)19-21(15)9-8-18-16/h8-10,12,14,17H,4-7,11H2,1-3H3. The number of piperidine rings is 1. The first-order valence-corrected chi connectivity index (χ1v) is 7.96. The minimum absolute atomic E-state index is 0.419. The van der Waals surface area contributed by atoms with E-state index in [9.17, 15) is 0 Å². The van der Waals surface area contributed by atoms with E-state index in [1.165, 1.54) is 19.3 Å². The number of fused-ring (bicyclic) bond motifs is 1. The van der Waals surface area contributed by atoms with Crippen LogP contribution in [-0.4, -0.2) is 39.8 Å². The average Bonchev–Trinajstić information content (AvgIpc) is 2.86. The van der Waals surface area contributed by atoms with Crippen molar-refractivity contribution in [3.63, 3.8) is 0 Å². The molecular weight excluding hydrogens is 262 g/mol. The summed E-state index contributed by atoms with van der Waals surface area (Å²) in [7, 11) is 0. The van der Waals surface area contributed by atoms with Crippen molar-refractivity contribution in [2.75, 3.05) is 18.0 Å². The Kier molecular flexibility index (Phi) is 4.10. The van der Waals surface area contributed by atoms with Crippen molar-refractivity contribution in [2.45, 2.75) is 52.1 Å². The van der Waals surface area contributed by atoms with Crippen LogP contribution in [0.15, 0.2) is 18.5 Å². The van der Waals surface area contributed by atoms with Crippen molar-refractivity contribution >= 4 is 11.3 Å². The average molecular weight is 287 g/mol. The van der Waals surface area contributed by atoms with Crippen molar-refractivity contribution in [1.29, 1.82) is 0 Å². The summed E-state index contributed by atoms with van der Waals surface area (Å²) >= 11 is 0. The number of aryl methyl sites for hydroxylation is 1. The van der Waals surface area contributed by atoms with E-state index in [4.69, 9.17) is 0 Å². The van der Waals surface area contributed by atoms with Crippen LogP contribution in [-0.2, 0) is 0 Å². The summed E-state index contributed by atoms with van der Waals surface area (Å²) in [5.74, 6) is 1.04. The van der Waals surface area contributed by atoms with Crippen molar-refractivity contribution in [3.8, 4) is 0 Å². The second-order valence-electron chi connectivity index (χ2n) is 6.26. The number of nitrogens with one attached hydrogen (secondary N) is 1. The van der Waals surface area contributed by atoms with Gasteiger partial charge in [0.2, 0.25) is 0 Å². The van der Waals surface area contributed by atoms with Gasteiger partial charge in [0.25, 0.3) is 0 Å². The lowest BCUT2D eigenvalue weighted by molar-refractivity contribution is 0.393. The Morgan fingerprint density at radius 2 is 2.29 bits per heavy atom. The van der Waals surface area contributed by atoms with Crippen molar-refractivity contribution in [3.05, 3.63) is 24.2 Å². The van der Waals surface area contributed by atoms with Crippen LogP contribution in [0.2, 0.25) is 0 Å². The zero-order valence-corrected chi connectivity index (χ0v) is 13.2. The number of aromatic nitrogens is 3. The van der Waals surface area contributed by atoms with Crippen LogP contribution in [0.3, 0.4) is 0 Å². The van der Waals surface area contributed by atoms with Crippen LogP contribution in [0.4, 0.5) is 5.82 Å². The van der Waals surface area contributed by atoms with E-state index >= 15 is 0 Å². The van der Waals surface area contributed by atoms with E-state index in [-0.39, 0.29) is 0 Å². The highest BCUT2D eigenvalue weighted by molar-refractivity contribution is 5.69.